The summed E-state index contributed by atoms with van der Waals surface area (Å²) in [7, 11) is 0. The maximum Gasteiger partial charge on any atom is 0.573 e. The lowest BCUT2D eigenvalue weighted by molar-refractivity contribution is -0.274. The third-order valence-corrected chi connectivity index (χ3v) is 4.87. The summed E-state index contributed by atoms with van der Waals surface area (Å²) in [4.78, 5) is 25.1. The minimum Gasteiger partial charge on any atom is -0.405 e. The van der Waals surface area contributed by atoms with Crippen molar-refractivity contribution in [2.24, 2.45) is 11.8 Å². The van der Waals surface area contributed by atoms with Gasteiger partial charge in [0, 0.05) is 18.0 Å². The lowest BCUT2D eigenvalue weighted by atomic mass is 9.88. The Balaban J connectivity index is 1.98. The van der Waals surface area contributed by atoms with Gasteiger partial charge in [0.1, 0.15) is 11.8 Å². The largest absolute Gasteiger partial charge is 0.573 e. The summed E-state index contributed by atoms with van der Waals surface area (Å²) in [5.74, 6) is -1.16. The summed E-state index contributed by atoms with van der Waals surface area (Å²) in [6.07, 6.45) is -0.0358. The van der Waals surface area contributed by atoms with Crippen LogP contribution in [0.15, 0.2) is 24.3 Å². The van der Waals surface area contributed by atoms with Gasteiger partial charge in [-0.05, 0) is 24.8 Å². The molecule has 2 N–H and O–H groups in total. The standard InChI is InChI=1S/C20H27F3N2O3/c1-13(2)17(25-18(26)14-8-4-3-5-9-14)19(27)24-12-15-10-6-7-11-16(15)28-20(21,22)23/h6-7,10-11,13-14,17H,3-5,8-9,12H2,1-2H3,(H,24,27)(H,25,26). The number of nitrogens with one attached hydrogen (secondary N) is 2. The van der Waals surface area contributed by atoms with E-state index in [4.69, 9.17) is 0 Å². The monoisotopic (exact) mass is 400 g/mol. The number of rotatable bonds is 7. The molecule has 1 aliphatic rings. The summed E-state index contributed by atoms with van der Waals surface area (Å²) < 4.78 is 41.5. The molecular formula is C20H27F3N2O3. The van der Waals surface area contributed by atoms with E-state index in [9.17, 15) is 22.8 Å². The Hall–Kier alpha value is -2.25. The molecule has 1 aliphatic carbocycles. The summed E-state index contributed by atoms with van der Waals surface area (Å²) in [6.45, 7) is 3.49. The van der Waals surface area contributed by atoms with E-state index < -0.39 is 18.3 Å². The first-order valence-corrected chi connectivity index (χ1v) is 9.59. The third kappa shape index (κ3) is 6.73. The zero-order chi connectivity index (χ0) is 20.7. The van der Waals surface area contributed by atoms with E-state index in [0.717, 1.165) is 32.1 Å². The SMILES string of the molecule is CC(C)C(NC(=O)C1CCCCC1)C(=O)NCc1ccccc1OC(F)(F)F. The van der Waals surface area contributed by atoms with E-state index in [1.54, 1.807) is 6.07 Å². The van der Waals surface area contributed by atoms with Gasteiger partial charge in [-0.2, -0.15) is 0 Å². The molecule has 1 atom stereocenters. The molecule has 0 aliphatic heterocycles. The highest BCUT2D eigenvalue weighted by Gasteiger charge is 2.32. The number of para-hydroxylation sites is 1. The van der Waals surface area contributed by atoms with Gasteiger partial charge < -0.3 is 15.4 Å². The van der Waals surface area contributed by atoms with Gasteiger partial charge in [-0.15, -0.1) is 13.2 Å². The first-order valence-electron chi connectivity index (χ1n) is 9.59. The fourth-order valence-corrected chi connectivity index (χ4v) is 3.34. The normalized spacial score (nSPS) is 16.5. The van der Waals surface area contributed by atoms with Crippen LogP contribution >= 0.6 is 0 Å². The fraction of sp³-hybridized carbons (Fsp3) is 0.600. The van der Waals surface area contributed by atoms with Crippen molar-refractivity contribution in [1.82, 2.24) is 10.6 Å². The van der Waals surface area contributed by atoms with Crippen LogP contribution in [0.2, 0.25) is 0 Å². The number of ether oxygens (including phenoxy) is 1. The molecule has 2 amide bonds. The number of hydrogen-bond donors (Lipinski definition) is 2. The van der Waals surface area contributed by atoms with Crippen molar-refractivity contribution in [3.8, 4) is 5.75 Å². The van der Waals surface area contributed by atoms with Gasteiger partial charge in [-0.3, -0.25) is 9.59 Å². The molecule has 1 aromatic rings. The van der Waals surface area contributed by atoms with Crippen LogP contribution in [-0.4, -0.2) is 24.2 Å². The maximum absolute atomic E-state index is 12.6. The molecule has 0 saturated heterocycles. The Morgan fingerprint density at radius 2 is 1.79 bits per heavy atom. The van der Waals surface area contributed by atoms with E-state index >= 15 is 0 Å². The zero-order valence-corrected chi connectivity index (χ0v) is 16.1. The molecule has 8 heteroatoms. The van der Waals surface area contributed by atoms with Crippen LogP contribution in [0.1, 0.15) is 51.5 Å². The lowest BCUT2D eigenvalue weighted by Gasteiger charge is -2.26. The van der Waals surface area contributed by atoms with Crippen LogP contribution in [-0.2, 0) is 16.1 Å². The third-order valence-electron chi connectivity index (χ3n) is 4.87. The van der Waals surface area contributed by atoms with Crippen molar-refractivity contribution in [3.05, 3.63) is 29.8 Å². The van der Waals surface area contributed by atoms with Gasteiger partial charge >= 0.3 is 6.36 Å². The van der Waals surface area contributed by atoms with Crippen molar-refractivity contribution in [2.75, 3.05) is 0 Å². The maximum atomic E-state index is 12.6. The molecule has 5 nitrogen and oxygen atoms in total. The van der Waals surface area contributed by atoms with E-state index in [-0.39, 0.29) is 35.6 Å². The Bertz CT molecular complexity index is 671. The molecule has 2 rings (SSSR count). The predicted octanol–water partition coefficient (Wildman–Crippen LogP) is 3.92. The summed E-state index contributed by atoms with van der Waals surface area (Å²) >= 11 is 0. The quantitative estimate of drug-likeness (QED) is 0.729. The number of carbonyl (C=O) groups excluding carboxylic acids is 2. The van der Waals surface area contributed by atoms with Crippen molar-refractivity contribution < 1.29 is 27.5 Å². The number of hydrogen-bond acceptors (Lipinski definition) is 3. The molecule has 0 spiro atoms. The van der Waals surface area contributed by atoms with Crippen molar-refractivity contribution in [2.45, 2.75) is 64.9 Å². The highest BCUT2D eigenvalue weighted by Crippen LogP contribution is 2.26. The second-order valence-electron chi connectivity index (χ2n) is 7.44. The van der Waals surface area contributed by atoms with E-state index in [1.165, 1.54) is 18.2 Å². The highest BCUT2D eigenvalue weighted by atomic mass is 19.4. The first kappa shape index (κ1) is 22.0. The fourth-order valence-electron chi connectivity index (χ4n) is 3.34. The van der Waals surface area contributed by atoms with Crippen molar-refractivity contribution in [1.29, 1.82) is 0 Å². The van der Waals surface area contributed by atoms with Crippen LogP contribution < -0.4 is 15.4 Å². The molecular weight excluding hydrogens is 373 g/mol. The Morgan fingerprint density at radius 1 is 1.14 bits per heavy atom. The molecule has 28 heavy (non-hydrogen) atoms. The van der Waals surface area contributed by atoms with Crippen LogP contribution in [0.25, 0.3) is 0 Å². The lowest BCUT2D eigenvalue weighted by Crippen LogP contribution is -2.51. The molecule has 1 unspecified atom stereocenters. The number of alkyl halides is 3. The summed E-state index contributed by atoms with van der Waals surface area (Å²) in [6, 6.07) is 4.89. The van der Waals surface area contributed by atoms with E-state index in [0.29, 0.717) is 0 Å². The van der Waals surface area contributed by atoms with Gasteiger partial charge in [0.25, 0.3) is 0 Å². The Kier molecular flexibility index (Phi) is 7.71. The van der Waals surface area contributed by atoms with Gasteiger partial charge in [-0.1, -0.05) is 51.3 Å². The van der Waals surface area contributed by atoms with Gasteiger partial charge in [0.05, 0.1) is 0 Å². The van der Waals surface area contributed by atoms with Crippen LogP contribution in [0.3, 0.4) is 0 Å². The molecule has 0 bridgehead atoms. The number of carbonyl (C=O) groups is 2. The van der Waals surface area contributed by atoms with Crippen molar-refractivity contribution >= 4 is 11.8 Å². The van der Waals surface area contributed by atoms with Crippen LogP contribution in [0.4, 0.5) is 13.2 Å². The van der Waals surface area contributed by atoms with E-state index in [1.807, 2.05) is 13.8 Å². The molecule has 1 aromatic carbocycles. The van der Waals surface area contributed by atoms with Gasteiger partial charge in [-0.25, -0.2) is 0 Å². The molecule has 0 aromatic heterocycles. The van der Waals surface area contributed by atoms with Crippen molar-refractivity contribution in [3.63, 3.8) is 0 Å². The minimum atomic E-state index is -4.81. The minimum absolute atomic E-state index is 0.0799. The Labute approximate surface area is 163 Å². The van der Waals surface area contributed by atoms with E-state index in [2.05, 4.69) is 15.4 Å². The molecule has 1 saturated carbocycles. The molecule has 1 fully saturated rings. The molecule has 0 heterocycles. The predicted molar refractivity (Wildman–Crippen MR) is 98.3 cm³/mol. The number of amides is 2. The highest BCUT2D eigenvalue weighted by molar-refractivity contribution is 5.88. The van der Waals surface area contributed by atoms with Crippen LogP contribution in [0.5, 0.6) is 5.75 Å². The topological polar surface area (TPSA) is 67.4 Å². The summed E-state index contributed by atoms with van der Waals surface area (Å²) in [5.41, 5.74) is 0.203. The van der Waals surface area contributed by atoms with Gasteiger partial charge in [0.2, 0.25) is 11.8 Å². The second-order valence-corrected chi connectivity index (χ2v) is 7.44. The Morgan fingerprint density at radius 3 is 2.39 bits per heavy atom. The average molecular weight is 400 g/mol. The molecule has 156 valence electrons. The number of halogens is 3. The number of benzene rings is 1. The first-order chi connectivity index (χ1) is 13.2. The second kappa shape index (κ2) is 9.80. The summed E-state index contributed by atoms with van der Waals surface area (Å²) in [5, 5.41) is 5.43. The van der Waals surface area contributed by atoms with Gasteiger partial charge in [0.15, 0.2) is 0 Å². The zero-order valence-electron chi connectivity index (χ0n) is 16.1. The average Bonchev–Trinajstić information content (AvgIpc) is 2.64. The smallest absolute Gasteiger partial charge is 0.405 e. The van der Waals surface area contributed by atoms with Crippen LogP contribution in [0, 0.1) is 11.8 Å². The molecule has 0 radical (unpaired) electrons.